The maximum absolute atomic E-state index is 12.8. The second-order valence-electron chi connectivity index (χ2n) is 6.85. The molecule has 3 aliphatic rings. The summed E-state index contributed by atoms with van der Waals surface area (Å²) in [6.07, 6.45) is 6.10. The molecule has 3 nitrogen and oxygen atoms in total. The first-order valence-corrected chi connectivity index (χ1v) is 8.59. The highest BCUT2D eigenvalue weighted by Crippen LogP contribution is 2.52. The standard InChI is InChI=1S/C16H22N2OS/c1-17-11-16(6-7-16)5-2-13(17)15(19)18-8-3-12-4-9-20-14(12)10-18/h4,9,13H,2-3,5-8,10-11H2,1H3. The van der Waals surface area contributed by atoms with Crippen LogP contribution >= 0.6 is 11.3 Å². The Balaban J connectivity index is 1.45. The fourth-order valence-electron chi connectivity index (χ4n) is 3.91. The van der Waals surface area contributed by atoms with Crippen molar-refractivity contribution >= 4 is 17.2 Å². The van der Waals surface area contributed by atoms with E-state index in [0.29, 0.717) is 11.3 Å². The lowest BCUT2D eigenvalue weighted by Gasteiger charge is -2.40. The first-order chi connectivity index (χ1) is 9.67. The molecule has 1 atom stereocenters. The van der Waals surface area contributed by atoms with E-state index in [1.807, 2.05) is 0 Å². The zero-order chi connectivity index (χ0) is 13.7. The van der Waals surface area contributed by atoms with Gasteiger partial charge in [-0.05, 0) is 61.6 Å². The summed E-state index contributed by atoms with van der Waals surface area (Å²) in [6, 6.07) is 2.34. The van der Waals surface area contributed by atoms with Crippen molar-refractivity contribution in [2.45, 2.75) is 44.7 Å². The molecule has 1 aliphatic carbocycles. The summed E-state index contributed by atoms with van der Waals surface area (Å²) < 4.78 is 0. The Labute approximate surface area is 124 Å². The topological polar surface area (TPSA) is 23.6 Å². The van der Waals surface area contributed by atoms with Crippen LogP contribution in [0.3, 0.4) is 0 Å². The highest BCUT2D eigenvalue weighted by Gasteiger charge is 2.48. The summed E-state index contributed by atoms with van der Waals surface area (Å²) in [5.74, 6) is 0.363. The zero-order valence-electron chi connectivity index (χ0n) is 12.1. The molecule has 1 spiro atoms. The Morgan fingerprint density at radius 2 is 2.25 bits per heavy atom. The summed E-state index contributed by atoms with van der Waals surface area (Å²) in [5, 5.41) is 2.15. The molecule has 4 rings (SSSR count). The molecule has 1 saturated heterocycles. The molecule has 4 heteroatoms. The molecule has 1 amide bonds. The van der Waals surface area contributed by atoms with Gasteiger partial charge in [-0.1, -0.05) is 0 Å². The predicted molar refractivity (Wildman–Crippen MR) is 80.8 cm³/mol. The normalized spacial score (nSPS) is 28.4. The Bertz CT molecular complexity index is 534. The molecule has 2 aliphatic heterocycles. The second kappa shape index (κ2) is 4.57. The van der Waals surface area contributed by atoms with Crippen LogP contribution in [0.1, 0.15) is 36.1 Å². The number of amides is 1. The molecule has 1 aromatic rings. The van der Waals surface area contributed by atoms with Crippen LogP contribution in [0.25, 0.3) is 0 Å². The van der Waals surface area contributed by atoms with E-state index in [0.717, 1.165) is 32.5 Å². The molecule has 0 aromatic carbocycles. The Kier molecular flexibility index (Phi) is 2.93. The number of likely N-dealkylation sites (N-methyl/N-ethyl adjacent to an activating group) is 1. The van der Waals surface area contributed by atoms with E-state index in [4.69, 9.17) is 0 Å². The van der Waals surface area contributed by atoms with Gasteiger partial charge in [0.25, 0.3) is 0 Å². The van der Waals surface area contributed by atoms with Gasteiger partial charge in [-0.15, -0.1) is 11.3 Å². The molecule has 2 fully saturated rings. The number of carbonyl (C=O) groups is 1. The van der Waals surface area contributed by atoms with Crippen LogP contribution in [0.15, 0.2) is 11.4 Å². The third-order valence-electron chi connectivity index (χ3n) is 5.44. The Hall–Kier alpha value is -0.870. The van der Waals surface area contributed by atoms with Gasteiger partial charge in [-0.3, -0.25) is 9.69 Å². The van der Waals surface area contributed by atoms with Crippen molar-refractivity contribution in [2.24, 2.45) is 5.41 Å². The minimum absolute atomic E-state index is 0.128. The van der Waals surface area contributed by atoms with Crippen molar-refractivity contribution in [3.63, 3.8) is 0 Å². The molecule has 108 valence electrons. The van der Waals surface area contributed by atoms with Gasteiger partial charge in [0.1, 0.15) is 0 Å². The van der Waals surface area contributed by atoms with Gasteiger partial charge in [0, 0.05) is 18.0 Å². The SMILES string of the molecule is CN1CC2(CCC1C(=O)N1CCc3ccsc3C1)CC2. The molecule has 1 aromatic heterocycles. The quantitative estimate of drug-likeness (QED) is 0.793. The number of thiophene rings is 1. The molecule has 0 N–H and O–H groups in total. The van der Waals surface area contributed by atoms with Crippen molar-refractivity contribution in [2.75, 3.05) is 20.1 Å². The average Bonchev–Trinajstić information content (AvgIpc) is 3.02. The molecule has 1 saturated carbocycles. The molecular weight excluding hydrogens is 268 g/mol. The minimum atomic E-state index is 0.128. The van der Waals surface area contributed by atoms with Gasteiger partial charge >= 0.3 is 0 Å². The zero-order valence-corrected chi connectivity index (χ0v) is 12.9. The molecule has 1 unspecified atom stereocenters. The van der Waals surface area contributed by atoms with E-state index in [1.54, 1.807) is 11.3 Å². The number of fused-ring (bicyclic) bond motifs is 1. The number of likely N-dealkylation sites (tertiary alicyclic amines) is 1. The van der Waals surface area contributed by atoms with Gasteiger partial charge in [0.15, 0.2) is 0 Å². The third-order valence-corrected chi connectivity index (χ3v) is 6.39. The number of piperidine rings is 1. The van der Waals surface area contributed by atoms with Crippen LogP contribution in [0, 0.1) is 5.41 Å². The molecule has 20 heavy (non-hydrogen) atoms. The van der Waals surface area contributed by atoms with E-state index < -0.39 is 0 Å². The number of rotatable bonds is 1. The van der Waals surface area contributed by atoms with Crippen molar-refractivity contribution in [1.82, 2.24) is 9.80 Å². The fraction of sp³-hybridized carbons (Fsp3) is 0.688. The number of carbonyl (C=O) groups excluding carboxylic acids is 1. The second-order valence-corrected chi connectivity index (χ2v) is 7.85. The molecule has 0 bridgehead atoms. The van der Waals surface area contributed by atoms with E-state index in [1.165, 1.54) is 29.7 Å². The smallest absolute Gasteiger partial charge is 0.240 e. The molecule has 3 heterocycles. The lowest BCUT2D eigenvalue weighted by atomic mass is 9.89. The van der Waals surface area contributed by atoms with E-state index in [2.05, 4.69) is 28.3 Å². The van der Waals surface area contributed by atoms with Crippen molar-refractivity contribution < 1.29 is 4.79 Å². The molecular formula is C16H22N2OS. The van der Waals surface area contributed by atoms with E-state index in [-0.39, 0.29) is 6.04 Å². The van der Waals surface area contributed by atoms with Gasteiger partial charge in [-0.25, -0.2) is 0 Å². The van der Waals surface area contributed by atoms with Crippen molar-refractivity contribution in [3.05, 3.63) is 21.9 Å². The maximum atomic E-state index is 12.8. The van der Waals surface area contributed by atoms with Crippen molar-refractivity contribution in [3.8, 4) is 0 Å². The summed E-state index contributed by atoms with van der Waals surface area (Å²) in [7, 11) is 2.14. The predicted octanol–water partition coefficient (Wildman–Crippen LogP) is 2.51. The average molecular weight is 290 g/mol. The Morgan fingerprint density at radius 1 is 1.40 bits per heavy atom. The first-order valence-electron chi connectivity index (χ1n) is 7.71. The van der Waals surface area contributed by atoms with Crippen LogP contribution in [0.5, 0.6) is 0 Å². The maximum Gasteiger partial charge on any atom is 0.240 e. The number of hydrogen-bond acceptors (Lipinski definition) is 3. The highest BCUT2D eigenvalue weighted by molar-refractivity contribution is 7.10. The van der Waals surface area contributed by atoms with Gasteiger partial charge < -0.3 is 4.90 Å². The van der Waals surface area contributed by atoms with Crippen LogP contribution in [0.2, 0.25) is 0 Å². The van der Waals surface area contributed by atoms with Crippen molar-refractivity contribution in [1.29, 1.82) is 0 Å². The Morgan fingerprint density at radius 3 is 3.00 bits per heavy atom. The highest BCUT2D eigenvalue weighted by atomic mass is 32.1. The van der Waals surface area contributed by atoms with E-state index in [9.17, 15) is 4.79 Å². The lowest BCUT2D eigenvalue weighted by Crippen LogP contribution is -2.52. The van der Waals surface area contributed by atoms with Crippen LogP contribution in [-0.2, 0) is 17.8 Å². The monoisotopic (exact) mass is 290 g/mol. The summed E-state index contributed by atoms with van der Waals surface area (Å²) in [6.45, 7) is 2.86. The summed E-state index contributed by atoms with van der Waals surface area (Å²) in [4.78, 5) is 18.6. The summed E-state index contributed by atoms with van der Waals surface area (Å²) in [5.41, 5.74) is 2.04. The van der Waals surface area contributed by atoms with Crippen LogP contribution in [-0.4, -0.2) is 41.9 Å². The van der Waals surface area contributed by atoms with Crippen LogP contribution < -0.4 is 0 Å². The van der Waals surface area contributed by atoms with Gasteiger partial charge in [0.2, 0.25) is 5.91 Å². The summed E-state index contributed by atoms with van der Waals surface area (Å²) >= 11 is 1.80. The fourth-order valence-corrected chi connectivity index (χ4v) is 4.86. The molecule has 0 radical (unpaired) electrons. The minimum Gasteiger partial charge on any atom is -0.336 e. The van der Waals surface area contributed by atoms with Crippen LogP contribution in [0.4, 0.5) is 0 Å². The lowest BCUT2D eigenvalue weighted by molar-refractivity contribution is -0.139. The largest absolute Gasteiger partial charge is 0.336 e. The third kappa shape index (κ3) is 2.09. The number of hydrogen-bond donors (Lipinski definition) is 0. The van der Waals surface area contributed by atoms with Gasteiger partial charge in [0.05, 0.1) is 12.6 Å². The van der Waals surface area contributed by atoms with E-state index >= 15 is 0 Å². The van der Waals surface area contributed by atoms with Gasteiger partial charge in [-0.2, -0.15) is 0 Å². The first kappa shape index (κ1) is 12.8. The number of nitrogens with zero attached hydrogens (tertiary/aromatic N) is 2.